The summed E-state index contributed by atoms with van der Waals surface area (Å²) in [6, 6.07) is 14.3. The Balaban J connectivity index is 1.50. The first-order valence-electron chi connectivity index (χ1n) is 8.68. The third-order valence-electron chi connectivity index (χ3n) is 3.86. The van der Waals surface area contributed by atoms with Crippen LogP contribution < -0.4 is 10.1 Å². The largest absolute Gasteiger partial charge is 0.456 e. The van der Waals surface area contributed by atoms with Crippen LogP contribution in [0.1, 0.15) is 11.1 Å². The number of amides is 1. The van der Waals surface area contributed by atoms with Gasteiger partial charge in [0.15, 0.2) is 0 Å². The fraction of sp³-hybridized carbons (Fsp3) is 0.0909. The minimum absolute atomic E-state index is 0.150. The Hall–Kier alpha value is -3.54. The highest BCUT2D eigenvalue weighted by Crippen LogP contribution is 2.21. The van der Waals surface area contributed by atoms with Crippen molar-refractivity contribution in [3.05, 3.63) is 95.8 Å². The summed E-state index contributed by atoms with van der Waals surface area (Å²) >= 11 is 0. The van der Waals surface area contributed by atoms with E-state index in [1.54, 1.807) is 18.5 Å². The predicted molar refractivity (Wildman–Crippen MR) is 103 cm³/mol. The topological polar surface area (TPSA) is 51.2 Å². The summed E-state index contributed by atoms with van der Waals surface area (Å²) < 4.78 is 32.1. The van der Waals surface area contributed by atoms with Gasteiger partial charge in [0.25, 0.3) is 0 Å². The quantitative estimate of drug-likeness (QED) is 0.613. The van der Waals surface area contributed by atoms with Gasteiger partial charge in [0, 0.05) is 30.4 Å². The van der Waals surface area contributed by atoms with Crippen LogP contribution in [-0.4, -0.2) is 17.4 Å². The molecule has 3 rings (SSSR count). The van der Waals surface area contributed by atoms with Crippen molar-refractivity contribution in [1.29, 1.82) is 0 Å². The number of ether oxygens (including phenoxy) is 1. The van der Waals surface area contributed by atoms with E-state index in [1.807, 2.05) is 30.3 Å². The van der Waals surface area contributed by atoms with E-state index in [0.29, 0.717) is 24.5 Å². The fourth-order valence-corrected chi connectivity index (χ4v) is 2.50. The lowest BCUT2D eigenvalue weighted by molar-refractivity contribution is -0.116. The van der Waals surface area contributed by atoms with E-state index in [4.69, 9.17) is 4.74 Å². The van der Waals surface area contributed by atoms with Crippen molar-refractivity contribution < 1.29 is 18.3 Å². The molecule has 1 N–H and O–H groups in total. The molecule has 28 heavy (non-hydrogen) atoms. The first-order valence-corrected chi connectivity index (χ1v) is 8.68. The molecule has 0 unspecified atom stereocenters. The van der Waals surface area contributed by atoms with E-state index < -0.39 is 11.6 Å². The first kappa shape index (κ1) is 19.2. The van der Waals surface area contributed by atoms with Crippen LogP contribution in [0.15, 0.2) is 73.1 Å². The molecule has 4 nitrogen and oxygen atoms in total. The maximum Gasteiger partial charge on any atom is 0.244 e. The van der Waals surface area contributed by atoms with Gasteiger partial charge in [-0.25, -0.2) is 8.78 Å². The summed E-state index contributed by atoms with van der Waals surface area (Å²) in [5.74, 6) is -0.399. The molecule has 0 aliphatic rings. The second-order valence-electron chi connectivity index (χ2n) is 5.98. The normalized spacial score (nSPS) is 10.8. The minimum atomic E-state index is -0.713. The molecule has 0 saturated heterocycles. The summed E-state index contributed by atoms with van der Waals surface area (Å²) in [7, 11) is 0. The number of nitrogens with one attached hydrogen (secondary N) is 1. The van der Waals surface area contributed by atoms with Crippen LogP contribution >= 0.6 is 0 Å². The van der Waals surface area contributed by atoms with E-state index in [9.17, 15) is 13.6 Å². The van der Waals surface area contributed by atoms with Gasteiger partial charge in [-0.3, -0.25) is 9.78 Å². The average molecular weight is 380 g/mol. The van der Waals surface area contributed by atoms with Gasteiger partial charge in [0.1, 0.15) is 23.1 Å². The number of hydrogen-bond donors (Lipinski definition) is 1. The number of benzene rings is 2. The lowest BCUT2D eigenvalue weighted by Crippen LogP contribution is -2.23. The monoisotopic (exact) mass is 380 g/mol. The Morgan fingerprint density at radius 3 is 2.71 bits per heavy atom. The highest BCUT2D eigenvalue weighted by Gasteiger charge is 2.03. The maximum atomic E-state index is 13.5. The van der Waals surface area contributed by atoms with Gasteiger partial charge in [0.2, 0.25) is 5.91 Å². The van der Waals surface area contributed by atoms with Crippen molar-refractivity contribution in [3.63, 3.8) is 0 Å². The Bertz CT molecular complexity index is 975. The third kappa shape index (κ3) is 5.74. The zero-order valence-electron chi connectivity index (χ0n) is 14.9. The first-order chi connectivity index (χ1) is 13.6. The van der Waals surface area contributed by atoms with Crippen LogP contribution in [0.25, 0.3) is 6.08 Å². The number of nitrogens with zero attached hydrogens (tertiary/aromatic N) is 1. The number of rotatable bonds is 7. The Morgan fingerprint density at radius 2 is 1.93 bits per heavy atom. The van der Waals surface area contributed by atoms with Gasteiger partial charge in [-0.05, 0) is 54.5 Å². The van der Waals surface area contributed by atoms with Crippen molar-refractivity contribution in [1.82, 2.24) is 10.3 Å². The van der Waals surface area contributed by atoms with E-state index in [0.717, 1.165) is 17.7 Å². The molecular weight excluding hydrogens is 362 g/mol. The molecule has 2 aromatic carbocycles. The molecule has 0 aliphatic heterocycles. The molecule has 142 valence electrons. The second-order valence-corrected chi connectivity index (χ2v) is 5.98. The average Bonchev–Trinajstić information content (AvgIpc) is 2.68. The minimum Gasteiger partial charge on any atom is -0.456 e. The van der Waals surface area contributed by atoms with E-state index in [2.05, 4.69) is 10.3 Å². The Morgan fingerprint density at radius 1 is 1.07 bits per heavy atom. The van der Waals surface area contributed by atoms with Crippen LogP contribution in [0.3, 0.4) is 0 Å². The second kappa shape index (κ2) is 9.41. The van der Waals surface area contributed by atoms with Crippen molar-refractivity contribution in [2.45, 2.75) is 6.42 Å². The summed E-state index contributed by atoms with van der Waals surface area (Å²) in [5.41, 5.74) is 1.15. The summed E-state index contributed by atoms with van der Waals surface area (Å²) in [6.45, 7) is 0.408. The third-order valence-corrected chi connectivity index (χ3v) is 3.86. The number of carbonyl (C=O) groups excluding carboxylic acids is 1. The highest BCUT2D eigenvalue weighted by atomic mass is 19.1. The van der Waals surface area contributed by atoms with Crippen LogP contribution in [-0.2, 0) is 11.2 Å². The van der Waals surface area contributed by atoms with Gasteiger partial charge in [0.05, 0.1) is 6.20 Å². The maximum absolute atomic E-state index is 13.5. The Labute approximate surface area is 161 Å². The predicted octanol–water partition coefficient (Wildman–Crippen LogP) is 4.52. The van der Waals surface area contributed by atoms with Gasteiger partial charge in [-0.2, -0.15) is 0 Å². The van der Waals surface area contributed by atoms with Crippen molar-refractivity contribution >= 4 is 12.0 Å². The zero-order valence-corrected chi connectivity index (χ0v) is 14.9. The molecule has 1 heterocycles. The molecule has 1 aromatic heterocycles. The number of pyridine rings is 1. The van der Waals surface area contributed by atoms with Crippen LogP contribution in [0.2, 0.25) is 0 Å². The van der Waals surface area contributed by atoms with E-state index in [-0.39, 0.29) is 11.5 Å². The van der Waals surface area contributed by atoms with Crippen LogP contribution in [0.5, 0.6) is 11.5 Å². The van der Waals surface area contributed by atoms with Gasteiger partial charge in [-0.15, -0.1) is 0 Å². The van der Waals surface area contributed by atoms with Crippen molar-refractivity contribution in [3.8, 4) is 11.5 Å². The van der Waals surface area contributed by atoms with E-state index in [1.165, 1.54) is 18.2 Å². The molecule has 0 atom stereocenters. The number of halogens is 2. The lowest BCUT2D eigenvalue weighted by Gasteiger charge is -2.07. The SMILES string of the molecule is O=C(C=Cc1ccc(F)cc1F)NCCc1cccc(Oc2cccnc2)c1. The summed E-state index contributed by atoms with van der Waals surface area (Å²) in [4.78, 5) is 15.9. The number of hydrogen-bond acceptors (Lipinski definition) is 3. The highest BCUT2D eigenvalue weighted by molar-refractivity contribution is 5.91. The van der Waals surface area contributed by atoms with Gasteiger partial charge < -0.3 is 10.1 Å². The molecular formula is C22H18F2N2O2. The number of carbonyl (C=O) groups is 1. The fourth-order valence-electron chi connectivity index (χ4n) is 2.50. The smallest absolute Gasteiger partial charge is 0.244 e. The van der Waals surface area contributed by atoms with Crippen molar-refractivity contribution in [2.24, 2.45) is 0 Å². The van der Waals surface area contributed by atoms with Gasteiger partial charge >= 0.3 is 0 Å². The summed E-state index contributed by atoms with van der Waals surface area (Å²) in [6.07, 6.45) is 6.44. The summed E-state index contributed by atoms with van der Waals surface area (Å²) in [5, 5.41) is 2.73. The molecule has 0 radical (unpaired) electrons. The van der Waals surface area contributed by atoms with Gasteiger partial charge in [-0.1, -0.05) is 12.1 Å². The lowest BCUT2D eigenvalue weighted by atomic mass is 10.1. The molecule has 0 spiro atoms. The Kier molecular flexibility index (Phi) is 6.46. The zero-order chi connectivity index (χ0) is 19.8. The molecule has 6 heteroatoms. The van der Waals surface area contributed by atoms with E-state index >= 15 is 0 Å². The van der Waals surface area contributed by atoms with Crippen LogP contribution in [0, 0.1) is 11.6 Å². The molecule has 0 fully saturated rings. The van der Waals surface area contributed by atoms with Crippen LogP contribution in [0.4, 0.5) is 8.78 Å². The number of aromatic nitrogens is 1. The standard InChI is InChI=1S/C22H18F2N2O2/c23-18-8-6-17(21(24)14-18)7-9-22(27)26-12-10-16-3-1-4-19(13-16)28-20-5-2-11-25-15-20/h1-9,11,13-15H,10,12H2,(H,26,27). The molecule has 0 bridgehead atoms. The molecule has 0 saturated carbocycles. The van der Waals surface area contributed by atoms with Crippen molar-refractivity contribution in [2.75, 3.05) is 6.54 Å². The molecule has 0 aliphatic carbocycles. The molecule has 3 aromatic rings. The molecule has 1 amide bonds.